The Morgan fingerprint density at radius 2 is 1.92 bits per heavy atom. The van der Waals surface area contributed by atoms with Crippen molar-refractivity contribution in [2.75, 3.05) is 6.61 Å². The summed E-state index contributed by atoms with van der Waals surface area (Å²) in [6.45, 7) is 6.94. The minimum Gasteiger partial charge on any atom is -0.460 e. The molecular weight excluding hydrogens is 156 g/mol. The van der Waals surface area contributed by atoms with Crippen LogP contribution in [0.25, 0.3) is 0 Å². The molecule has 3 heteroatoms. The summed E-state index contributed by atoms with van der Waals surface area (Å²) in [5, 5.41) is 10.2. The van der Waals surface area contributed by atoms with Crippen LogP contribution in [-0.4, -0.2) is 18.2 Å². The molecule has 3 nitrogen and oxygen atoms in total. The fraction of sp³-hybridized carbons (Fsp3) is 0.889. The normalized spacial score (nSPS) is 14.1. The number of carbonyl (C=O) groups excluding carboxylic acids is 1. The van der Waals surface area contributed by atoms with E-state index in [9.17, 15) is 9.90 Å². The second-order valence-electron chi connectivity index (χ2n) is 3.93. The Bertz CT molecular complexity index is 146. The van der Waals surface area contributed by atoms with Crippen LogP contribution in [0.5, 0.6) is 0 Å². The Balaban J connectivity index is 3.87. The predicted octanol–water partition coefficient (Wildman–Crippen LogP) is 1.78. The lowest BCUT2D eigenvalue weighted by molar-refractivity contribution is -0.160. The fourth-order valence-corrected chi connectivity index (χ4v) is 0.697. The molecule has 0 aromatic carbocycles. The summed E-state index contributed by atoms with van der Waals surface area (Å²) in [6, 6.07) is 0. The molecule has 0 aliphatic heterocycles. The third-order valence-electron chi connectivity index (χ3n) is 1.36. The average molecular weight is 173 g/mol. The predicted molar refractivity (Wildman–Crippen MR) is 45.2 cm³/mol. The van der Waals surface area contributed by atoms with E-state index in [1.165, 1.54) is 0 Å². The van der Waals surface area contributed by atoms with Crippen LogP contribution in [0.3, 0.4) is 0 Å². The van der Waals surface area contributed by atoms with E-state index < -0.39 is 5.60 Å². The van der Waals surface area contributed by atoms with Gasteiger partial charge in [-0.2, -0.15) is 0 Å². The highest BCUT2D eigenvalue weighted by molar-refractivity contribution is 5.72. The van der Waals surface area contributed by atoms with Gasteiger partial charge in [-0.3, -0.25) is 4.79 Å². The van der Waals surface area contributed by atoms with Crippen molar-refractivity contribution in [1.82, 2.24) is 0 Å². The fourth-order valence-electron chi connectivity index (χ4n) is 0.697. The zero-order valence-electron chi connectivity index (χ0n) is 8.22. The molecule has 0 saturated heterocycles. The lowest BCUT2D eigenvalue weighted by Crippen LogP contribution is -2.27. The van der Waals surface area contributed by atoms with Crippen LogP contribution in [-0.2, 0) is 14.6 Å². The number of hydrogen-bond donors (Lipinski definition) is 0. The average Bonchev–Trinajstić information content (AvgIpc) is 1.84. The molecule has 0 saturated carbocycles. The summed E-state index contributed by atoms with van der Waals surface area (Å²) in [6.07, 6.45) is 0.356. The molecule has 0 bridgehead atoms. The maximum Gasteiger partial charge on any atom is 0.309 e. The summed E-state index contributed by atoms with van der Waals surface area (Å²) >= 11 is 0. The van der Waals surface area contributed by atoms with Gasteiger partial charge in [-0.15, -0.1) is 0 Å². The molecule has 0 fully saturated rings. The topological polar surface area (TPSA) is 46.2 Å². The lowest BCUT2D eigenvalue weighted by Gasteiger charge is -2.21. The molecule has 0 aliphatic rings. The van der Waals surface area contributed by atoms with E-state index in [0.717, 1.165) is 0 Å². The van der Waals surface area contributed by atoms with E-state index in [0.29, 0.717) is 6.42 Å². The number of carbonyl (C=O) groups is 1. The Morgan fingerprint density at radius 1 is 1.42 bits per heavy atom. The SMILES string of the molecule is CC(CC[O])C(=O)OC(C)(C)C. The van der Waals surface area contributed by atoms with Gasteiger partial charge in [0, 0.05) is 0 Å². The van der Waals surface area contributed by atoms with Crippen LogP contribution in [0.2, 0.25) is 0 Å². The number of ether oxygens (including phenoxy) is 1. The minimum absolute atomic E-state index is 0.222. The van der Waals surface area contributed by atoms with Crippen LogP contribution in [0.1, 0.15) is 34.1 Å². The Labute approximate surface area is 73.7 Å². The molecule has 0 rings (SSSR count). The van der Waals surface area contributed by atoms with E-state index in [-0.39, 0.29) is 18.5 Å². The van der Waals surface area contributed by atoms with Gasteiger partial charge in [0.1, 0.15) is 5.60 Å². The highest BCUT2D eigenvalue weighted by Crippen LogP contribution is 2.12. The van der Waals surface area contributed by atoms with Crippen molar-refractivity contribution in [1.29, 1.82) is 0 Å². The van der Waals surface area contributed by atoms with E-state index in [2.05, 4.69) is 0 Å². The lowest BCUT2D eigenvalue weighted by atomic mass is 10.1. The van der Waals surface area contributed by atoms with Crippen LogP contribution in [0.15, 0.2) is 0 Å². The van der Waals surface area contributed by atoms with Gasteiger partial charge in [-0.1, -0.05) is 6.92 Å². The maximum absolute atomic E-state index is 11.2. The molecular formula is C9H17O3. The molecule has 0 spiro atoms. The van der Waals surface area contributed by atoms with Crippen molar-refractivity contribution in [2.45, 2.75) is 39.7 Å². The number of esters is 1. The summed E-state index contributed by atoms with van der Waals surface area (Å²) in [7, 11) is 0. The van der Waals surface area contributed by atoms with E-state index in [4.69, 9.17) is 4.74 Å². The first-order valence-corrected chi connectivity index (χ1v) is 4.18. The zero-order chi connectivity index (χ0) is 9.78. The largest absolute Gasteiger partial charge is 0.460 e. The van der Waals surface area contributed by atoms with Gasteiger partial charge < -0.3 is 4.74 Å². The van der Waals surface area contributed by atoms with Gasteiger partial charge in [-0.05, 0) is 27.2 Å². The monoisotopic (exact) mass is 173 g/mol. The molecule has 0 heterocycles. The molecule has 12 heavy (non-hydrogen) atoms. The van der Waals surface area contributed by atoms with Crippen molar-refractivity contribution >= 4 is 5.97 Å². The van der Waals surface area contributed by atoms with Crippen molar-refractivity contribution in [3.05, 3.63) is 0 Å². The van der Waals surface area contributed by atoms with Gasteiger partial charge in [0.2, 0.25) is 0 Å². The first kappa shape index (κ1) is 11.4. The van der Waals surface area contributed by atoms with Gasteiger partial charge in [0.25, 0.3) is 0 Å². The highest BCUT2D eigenvalue weighted by atomic mass is 16.6. The number of rotatable bonds is 3. The van der Waals surface area contributed by atoms with Crippen LogP contribution in [0, 0.1) is 5.92 Å². The maximum atomic E-state index is 11.2. The molecule has 0 aromatic rings. The molecule has 0 amide bonds. The summed E-state index contributed by atoms with van der Waals surface area (Å²) in [5.41, 5.74) is -0.450. The Kier molecular flexibility index (Phi) is 4.24. The second kappa shape index (κ2) is 4.45. The molecule has 71 valence electrons. The molecule has 0 aliphatic carbocycles. The molecule has 0 aromatic heterocycles. The molecule has 1 atom stereocenters. The van der Waals surface area contributed by atoms with Crippen molar-refractivity contribution in [3.8, 4) is 0 Å². The van der Waals surface area contributed by atoms with Crippen molar-refractivity contribution in [3.63, 3.8) is 0 Å². The number of hydrogen-bond acceptors (Lipinski definition) is 2. The summed E-state index contributed by atoms with van der Waals surface area (Å²) < 4.78 is 5.07. The van der Waals surface area contributed by atoms with Crippen LogP contribution >= 0.6 is 0 Å². The van der Waals surface area contributed by atoms with E-state index in [1.807, 2.05) is 20.8 Å². The molecule has 0 N–H and O–H groups in total. The van der Waals surface area contributed by atoms with Gasteiger partial charge in [-0.25, -0.2) is 5.11 Å². The van der Waals surface area contributed by atoms with Crippen molar-refractivity contribution in [2.24, 2.45) is 5.92 Å². The third kappa shape index (κ3) is 5.13. The van der Waals surface area contributed by atoms with Crippen molar-refractivity contribution < 1.29 is 14.6 Å². The second-order valence-corrected chi connectivity index (χ2v) is 3.93. The Hall–Kier alpha value is -0.570. The van der Waals surface area contributed by atoms with Gasteiger partial charge in [0.15, 0.2) is 0 Å². The highest BCUT2D eigenvalue weighted by Gasteiger charge is 2.20. The minimum atomic E-state index is -0.450. The smallest absolute Gasteiger partial charge is 0.309 e. The summed E-state index contributed by atoms with van der Waals surface area (Å²) in [4.78, 5) is 11.2. The van der Waals surface area contributed by atoms with E-state index in [1.54, 1.807) is 6.92 Å². The van der Waals surface area contributed by atoms with Crippen LogP contribution < -0.4 is 0 Å². The quantitative estimate of drug-likeness (QED) is 0.611. The third-order valence-corrected chi connectivity index (χ3v) is 1.36. The van der Waals surface area contributed by atoms with Gasteiger partial charge in [0.05, 0.1) is 12.5 Å². The first-order valence-electron chi connectivity index (χ1n) is 4.18. The van der Waals surface area contributed by atoms with Gasteiger partial charge >= 0.3 is 5.97 Å². The Morgan fingerprint density at radius 3 is 2.25 bits per heavy atom. The molecule has 1 radical (unpaired) electrons. The standard InChI is InChI=1S/C9H17O3/c1-7(5-6-10)8(11)12-9(2,3)4/h7H,5-6H2,1-4H3. The van der Waals surface area contributed by atoms with E-state index >= 15 is 0 Å². The summed E-state index contributed by atoms with van der Waals surface area (Å²) in [5.74, 6) is -0.555. The first-order chi connectivity index (χ1) is 5.37. The van der Waals surface area contributed by atoms with Crippen LogP contribution in [0.4, 0.5) is 0 Å². The molecule has 1 unspecified atom stereocenters. The zero-order valence-corrected chi connectivity index (χ0v) is 8.22.